The van der Waals surface area contributed by atoms with Crippen LogP contribution in [-0.4, -0.2) is 19.1 Å². The van der Waals surface area contributed by atoms with Crippen molar-refractivity contribution in [2.45, 2.75) is 13.5 Å². The molecule has 1 heterocycles. The maximum absolute atomic E-state index is 4.38. The molecule has 0 unspecified atom stereocenters. The van der Waals surface area contributed by atoms with E-state index in [1.807, 2.05) is 26.4 Å². The standard InChI is InChI=1S/C15H19N3/c1-12-6-5-9-16-15(12)11-17-13-7-4-8-14(10-13)18(2)3/h4-10,17H,11H2,1-3H3. The highest BCUT2D eigenvalue weighted by Crippen LogP contribution is 2.18. The van der Waals surface area contributed by atoms with Crippen LogP contribution in [0.4, 0.5) is 11.4 Å². The Morgan fingerprint density at radius 3 is 2.72 bits per heavy atom. The van der Waals surface area contributed by atoms with Gasteiger partial charge in [0.25, 0.3) is 0 Å². The van der Waals surface area contributed by atoms with Gasteiger partial charge in [-0.15, -0.1) is 0 Å². The second-order valence-corrected chi connectivity index (χ2v) is 4.57. The van der Waals surface area contributed by atoms with Crippen LogP contribution in [-0.2, 0) is 6.54 Å². The summed E-state index contributed by atoms with van der Waals surface area (Å²) in [6, 6.07) is 12.4. The molecule has 0 aliphatic rings. The van der Waals surface area contributed by atoms with E-state index in [1.54, 1.807) is 0 Å². The van der Waals surface area contributed by atoms with Crippen LogP contribution in [0.5, 0.6) is 0 Å². The molecule has 0 saturated carbocycles. The number of aromatic nitrogens is 1. The van der Waals surface area contributed by atoms with E-state index in [-0.39, 0.29) is 0 Å². The van der Waals surface area contributed by atoms with E-state index < -0.39 is 0 Å². The summed E-state index contributed by atoms with van der Waals surface area (Å²) < 4.78 is 0. The molecule has 3 heteroatoms. The highest BCUT2D eigenvalue weighted by atomic mass is 15.1. The minimum Gasteiger partial charge on any atom is -0.379 e. The van der Waals surface area contributed by atoms with Gasteiger partial charge in [-0.3, -0.25) is 4.98 Å². The van der Waals surface area contributed by atoms with Gasteiger partial charge in [-0.25, -0.2) is 0 Å². The van der Waals surface area contributed by atoms with E-state index in [9.17, 15) is 0 Å². The zero-order chi connectivity index (χ0) is 13.0. The van der Waals surface area contributed by atoms with Crippen LogP contribution in [0.25, 0.3) is 0 Å². The summed E-state index contributed by atoms with van der Waals surface area (Å²) in [6.45, 7) is 2.84. The zero-order valence-corrected chi connectivity index (χ0v) is 11.1. The lowest BCUT2D eigenvalue weighted by Gasteiger charge is -2.14. The third kappa shape index (κ3) is 3.00. The van der Waals surface area contributed by atoms with E-state index in [2.05, 4.69) is 52.5 Å². The molecule has 1 N–H and O–H groups in total. The summed E-state index contributed by atoms with van der Waals surface area (Å²) in [5, 5.41) is 3.41. The summed E-state index contributed by atoms with van der Waals surface area (Å²) in [5.74, 6) is 0. The molecule has 94 valence electrons. The van der Waals surface area contributed by atoms with Gasteiger partial charge in [0.1, 0.15) is 0 Å². The fourth-order valence-corrected chi connectivity index (χ4v) is 1.78. The van der Waals surface area contributed by atoms with Gasteiger partial charge in [0, 0.05) is 31.7 Å². The summed E-state index contributed by atoms with van der Waals surface area (Å²) >= 11 is 0. The van der Waals surface area contributed by atoms with Crippen LogP contribution in [0.1, 0.15) is 11.3 Å². The van der Waals surface area contributed by atoms with Crippen molar-refractivity contribution >= 4 is 11.4 Å². The zero-order valence-electron chi connectivity index (χ0n) is 11.1. The first-order valence-electron chi connectivity index (χ1n) is 6.08. The monoisotopic (exact) mass is 241 g/mol. The van der Waals surface area contributed by atoms with Gasteiger partial charge in [-0.1, -0.05) is 12.1 Å². The lowest BCUT2D eigenvalue weighted by molar-refractivity contribution is 1.02. The Morgan fingerprint density at radius 2 is 2.00 bits per heavy atom. The average molecular weight is 241 g/mol. The predicted molar refractivity (Wildman–Crippen MR) is 77.1 cm³/mol. The number of aryl methyl sites for hydroxylation is 1. The quantitative estimate of drug-likeness (QED) is 0.891. The van der Waals surface area contributed by atoms with Gasteiger partial charge in [0.2, 0.25) is 0 Å². The molecule has 0 atom stereocenters. The Balaban J connectivity index is 2.07. The minimum absolute atomic E-state index is 0.754. The lowest BCUT2D eigenvalue weighted by atomic mass is 10.2. The van der Waals surface area contributed by atoms with Crippen molar-refractivity contribution in [3.05, 3.63) is 53.9 Å². The molecule has 0 spiro atoms. The van der Waals surface area contributed by atoms with E-state index in [0.29, 0.717) is 0 Å². The third-order valence-electron chi connectivity index (χ3n) is 2.94. The number of pyridine rings is 1. The van der Waals surface area contributed by atoms with Crippen molar-refractivity contribution in [3.8, 4) is 0 Å². The second-order valence-electron chi connectivity index (χ2n) is 4.57. The normalized spacial score (nSPS) is 10.2. The predicted octanol–water partition coefficient (Wildman–Crippen LogP) is 3.07. The van der Waals surface area contributed by atoms with Crippen molar-refractivity contribution < 1.29 is 0 Å². The fraction of sp³-hybridized carbons (Fsp3) is 0.267. The topological polar surface area (TPSA) is 28.2 Å². The van der Waals surface area contributed by atoms with Crippen molar-refractivity contribution in [2.24, 2.45) is 0 Å². The molecular formula is C15H19N3. The van der Waals surface area contributed by atoms with E-state index in [4.69, 9.17) is 0 Å². The second kappa shape index (κ2) is 5.54. The van der Waals surface area contributed by atoms with Gasteiger partial charge < -0.3 is 10.2 Å². The minimum atomic E-state index is 0.754. The van der Waals surface area contributed by atoms with Gasteiger partial charge in [-0.2, -0.15) is 0 Å². The number of anilines is 2. The average Bonchev–Trinajstić information content (AvgIpc) is 2.38. The number of hydrogen-bond acceptors (Lipinski definition) is 3. The van der Waals surface area contributed by atoms with Crippen LogP contribution in [0.2, 0.25) is 0 Å². The van der Waals surface area contributed by atoms with E-state index >= 15 is 0 Å². The first-order chi connectivity index (χ1) is 8.66. The SMILES string of the molecule is Cc1cccnc1CNc1cccc(N(C)C)c1. The maximum Gasteiger partial charge on any atom is 0.0623 e. The summed E-state index contributed by atoms with van der Waals surface area (Å²) in [5.41, 5.74) is 4.62. The summed E-state index contributed by atoms with van der Waals surface area (Å²) in [7, 11) is 4.09. The highest BCUT2D eigenvalue weighted by molar-refractivity contribution is 5.57. The molecule has 0 fully saturated rings. The molecule has 18 heavy (non-hydrogen) atoms. The molecule has 0 radical (unpaired) electrons. The van der Waals surface area contributed by atoms with E-state index in [1.165, 1.54) is 11.3 Å². The van der Waals surface area contributed by atoms with Crippen LogP contribution in [0, 0.1) is 6.92 Å². The van der Waals surface area contributed by atoms with Gasteiger partial charge >= 0.3 is 0 Å². The highest BCUT2D eigenvalue weighted by Gasteiger charge is 2.00. The number of nitrogens with zero attached hydrogens (tertiary/aromatic N) is 2. The first-order valence-corrected chi connectivity index (χ1v) is 6.08. The van der Waals surface area contributed by atoms with Crippen LogP contribution in [0.3, 0.4) is 0 Å². The summed E-state index contributed by atoms with van der Waals surface area (Å²) in [6.07, 6.45) is 1.83. The van der Waals surface area contributed by atoms with Gasteiger partial charge in [0.15, 0.2) is 0 Å². The van der Waals surface area contributed by atoms with Crippen molar-refractivity contribution in [1.29, 1.82) is 0 Å². The Hall–Kier alpha value is -2.03. The first kappa shape index (κ1) is 12.4. The molecule has 0 saturated heterocycles. The van der Waals surface area contributed by atoms with Crippen LogP contribution in [0.15, 0.2) is 42.6 Å². The molecule has 2 rings (SSSR count). The molecule has 0 amide bonds. The molecule has 1 aromatic heterocycles. The van der Waals surface area contributed by atoms with Crippen molar-refractivity contribution in [3.63, 3.8) is 0 Å². The molecule has 2 aromatic rings. The molecular weight excluding hydrogens is 222 g/mol. The Labute approximate surface area is 108 Å². The molecule has 3 nitrogen and oxygen atoms in total. The number of nitrogens with one attached hydrogen (secondary N) is 1. The Morgan fingerprint density at radius 1 is 1.17 bits per heavy atom. The Bertz CT molecular complexity index is 521. The molecule has 1 aromatic carbocycles. The maximum atomic E-state index is 4.38. The Kier molecular flexibility index (Phi) is 3.82. The number of benzene rings is 1. The summed E-state index contributed by atoms with van der Waals surface area (Å²) in [4.78, 5) is 6.47. The molecule has 0 aliphatic carbocycles. The van der Waals surface area contributed by atoms with E-state index in [0.717, 1.165) is 17.9 Å². The number of hydrogen-bond donors (Lipinski definition) is 1. The number of rotatable bonds is 4. The van der Waals surface area contributed by atoms with Crippen LogP contribution < -0.4 is 10.2 Å². The largest absolute Gasteiger partial charge is 0.379 e. The van der Waals surface area contributed by atoms with Crippen molar-refractivity contribution in [2.75, 3.05) is 24.3 Å². The van der Waals surface area contributed by atoms with Gasteiger partial charge in [-0.05, 0) is 36.8 Å². The van der Waals surface area contributed by atoms with Crippen molar-refractivity contribution in [1.82, 2.24) is 4.98 Å². The van der Waals surface area contributed by atoms with Crippen LogP contribution >= 0.6 is 0 Å². The fourth-order valence-electron chi connectivity index (χ4n) is 1.78. The van der Waals surface area contributed by atoms with Gasteiger partial charge in [0.05, 0.1) is 12.2 Å². The molecule has 0 bridgehead atoms. The molecule has 0 aliphatic heterocycles. The lowest BCUT2D eigenvalue weighted by Crippen LogP contribution is -2.09. The third-order valence-corrected chi connectivity index (χ3v) is 2.94. The smallest absolute Gasteiger partial charge is 0.0623 e.